The molecule has 0 unspecified atom stereocenters. The third-order valence-electron chi connectivity index (χ3n) is 7.35. The fraction of sp³-hybridized carbons (Fsp3) is 0.407. The molecule has 0 spiro atoms. The van der Waals surface area contributed by atoms with Crippen LogP contribution in [-0.2, 0) is 17.8 Å². The Hall–Kier alpha value is -3.10. The van der Waals surface area contributed by atoms with Crippen LogP contribution in [-0.4, -0.2) is 23.9 Å². The van der Waals surface area contributed by atoms with E-state index in [-0.39, 0.29) is 11.3 Å². The first-order valence-electron chi connectivity index (χ1n) is 11.7. The van der Waals surface area contributed by atoms with E-state index in [4.69, 9.17) is 9.68 Å². The lowest BCUT2D eigenvalue weighted by atomic mass is 9.71. The summed E-state index contributed by atoms with van der Waals surface area (Å²) in [6.45, 7) is 2.79. The molecule has 2 heterocycles. The van der Waals surface area contributed by atoms with Crippen molar-refractivity contribution < 1.29 is 9.21 Å². The zero-order valence-corrected chi connectivity index (χ0v) is 18.4. The largest absolute Gasteiger partial charge is 0.462 e. The molecule has 1 fully saturated rings. The van der Waals surface area contributed by atoms with Gasteiger partial charge in [-0.2, -0.15) is 5.26 Å². The van der Waals surface area contributed by atoms with E-state index in [1.807, 2.05) is 36.4 Å². The minimum atomic E-state index is -0.318. The van der Waals surface area contributed by atoms with Crippen molar-refractivity contribution in [1.82, 2.24) is 4.90 Å². The Morgan fingerprint density at radius 1 is 1.12 bits per heavy atom. The molecule has 5 nitrogen and oxygen atoms in total. The maximum atomic E-state index is 13.6. The number of nitrogens with zero attached hydrogens (tertiary/aromatic N) is 2. The van der Waals surface area contributed by atoms with Crippen LogP contribution < -0.4 is 5.32 Å². The van der Waals surface area contributed by atoms with Crippen molar-refractivity contribution in [3.8, 4) is 6.07 Å². The topological polar surface area (TPSA) is 69.3 Å². The van der Waals surface area contributed by atoms with Crippen LogP contribution >= 0.6 is 0 Å². The maximum Gasteiger partial charge on any atom is 0.230 e. The standard InChI is InChI=1S/C27H29N3O2/c28-17-20-8-9-22-18-30(14-10-21(22)16-20)15-13-27(11-4-1-5-12-27)26(31)29-24-19-32-25-7-3-2-6-23(24)25/h2-3,6-9,16,19H,1,4-5,10-15,18H2,(H,29,31). The summed E-state index contributed by atoms with van der Waals surface area (Å²) in [6, 6.07) is 16.1. The quantitative estimate of drug-likeness (QED) is 0.572. The summed E-state index contributed by atoms with van der Waals surface area (Å²) < 4.78 is 5.63. The van der Waals surface area contributed by atoms with E-state index >= 15 is 0 Å². The molecular weight excluding hydrogens is 398 g/mol. The highest BCUT2D eigenvalue weighted by atomic mass is 16.3. The molecule has 164 valence electrons. The van der Waals surface area contributed by atoms with Crippen LogP contribution in [0.15, 0.2) is 53.1 Å². The third kappa shape index (κ3) is 4.03. The zero-order valence-electron chi connectivity index (χ0n) is 18.4. The predicted molar refractivity (Wildman–Crippen MR) is 125 cm³/mol. The molecule has 1 N–H and O–H groups in total. The van der Waals surface area contributed by atoms with E-state index in [0.717, 1.165) is 80.4 Å². The molecule has 0 atom stereocenters. The van der Waals surface area contributed by atoms with Gasteiger partial charge in [-0.1, -0.05) is 37.5 Å². The molecule has 0 bridgehead atoms. The highest BCUT2D eigenvalue weighted by Crippen LogP contribution is 2.41. The summed E-state index contributed by atoms with van der Waals surface area (Å²) in [5.41, 5.74) is 4.59. The van der Waals surface area contributed by atoms with E-state index in [2.05, 4.69) is 22.4 Å². The lowest BCUT2D eigenvalue weighted by Gasteiger charge is -2.38. The molecule has 0 saturated heterocycles. The Kier molecular flexibility index (Phi) is 5.71. The number of carbonyl (C=O) groups excluding carboxylic acids is 1. The fourth-order valence-electron chi connectivity index (χ4n) is 5.39. The number of para-hydroxylation sites is 1. The summed E-state index contributed by atoms with van der Waals surface area (Å²) in [6.07, 6.45) is 8.83. The number of benzene rings is 2. The molecule has 3 aromatic rings. The van der Waals surface area contributed by atoms with Gasteiger partial charge in [0.25, 0.3) is 0 Å². The van der Waals surface area contributed by atoms with Gasteiger partial charge in [-0.05, 0) is 67.6 Å². The van der Waals surface area contributed by atoms with Crippen LogP contribution in [0.5, 0.6) is 0 Å². The molecule has 5 rings (SSSR count). The van der Waals surface area contributed by atoms with Crippen molar-refractivity contribution in [3.63, 3.8) is 0 Å². The SMILES string of the molecule is N#Cc1ccc2c(c1)CCN(CCC1(C(=O)Nc3coc4ccccc34)CCCCC1)C2. The second-order valence-corrected chi connectivity index (χ2v) is 9.31. The summed E-state index contributed by atoms with van der Waals surface area (Å²) >= 11 is 0. The summed E-state index contributed by atoms with van der Waals surface area (Å²) in [7, 11) is 0. The van der Waals surface area contributed by atoms with Crippen molar-refractivity contribution >= 4 is 22.6 Å². The minimum Gasteiger partial charge on any atom is -0.462 e. The van der Waals surface area contributed by atoms with Crippen molar-refractivity contribution in [2.75, 3.05) is 18.4 Å². The Labute approximate surface area is 189 Å². The number of fused-ring (bicyclic) bond motifs is 2. The van der Waals surface area contributed by atoms with Crippen molar-refractivity contribution in [2.24, 2.45) is 5.41 Å². The second kappa shape index (κ2) is 8.80. The van der Waals surface area contributed by atoms with Gasteiger partial charge < -0.3 is 9.73 Å². The van der Waals surface area contributed by atoms with E-state index in [1.54, 1.807) is 6.26 Å². The average molecular weight is 428 g/mol. The Morgan fingerprint density at radius 3 is 2.81 bits per heavy atom. The van der Waals surface area contributed by atoms with Crippen LogP contribution in [0.3, 0.4) is 0 Å². The molecule has 2 aromatic carbocycles. The molecule has 32 heavy (non-hydrogen) atoms. The van der Waals surface area contributed by atoms with Gasteiger partial charge in [-0.25, -0.2) is 0 Å². The summed E-state index contributed by atoms with van der Waals surface area (Å²) in [5, 5.41) is 13.3. The molecule has 1 aliphatic heterocycles. The Bertz CT molecular complexity index is 1170. The average Bonchev–Trinajstić information content (AvgIpc) is 3.25. The minimum absolute atomic E-state index is 0.139. The van der Waals surface area contributed by atoms with Gasteiger partial charge in [0, 0.05) is 18.5 Å². The first-order chi connectivity index (χ1) is 15.7. The second-order valence-electron chi connectivity index (χ2n) is 9.31. The third-order valence-corrected chi connectivity index (χ3v) is 7.35. The molecule has 1 saturated carbocycles. The number of carbonyl (C=O) groups is 1. The molecule has 0 radical (unpaired) electrons. The molecule has 5 heteroatoms. The highest BCUT2D eigenvalue weighted by Gasteiger charge is 2.40. The smallest absolute Gasteiger partial charge is 0.230 e. The van der Waals surface area contributed by atoms with Crippen LogP contribution in [0, 0.1) is 16.7 Å². The number of anilines is 1. The van der Waals surface area contributed by atoms with Gasteiger partial charge in [-0.15, -0.1) is 0 Å². The van der Waals surface area contributed by atoms with Gasteiger partial charge in [-0.3, -0.25) is 9.69 Å². The van der Waals surface area contributed by atoms with Gasteiger partial charge in [0.1, 0.15) is 11.8 Å². The molecular formula is C27H29N3O2. The summed E-state index contributed by atoms with van der Waals surface area (Å²) in [5.74, 6) is 0.139. The molecule has 2 aliphatic rings. The summed E-state index contributed by atoms with van der Waals surface area (Å²) in [4.78, 5) is 16.0. The first-order valence-corrected chi connectivity index (χ1v) is 11.7. The van der Waals surface area contributed by atoms with Crippen LogP contribution in [0.25, 0.3) is 11.0 Å². The number of amides is 1. The van der Waals surface area contributed by atoms with Crippen molar-refractivity contribution in [2.45, 2.75) is 51.5 Å². The Balaban J connectivity index is 1.29. The number of nitrogens with one attached hydrogen (secondary N) is 1. The van der Waals surface area contributed by atoms with Gasteiger partial charge in [0.05, 0.1) is 22.7 Å². The number of hydrogen-bond donors (Lipinski definition) is 1. The maximum absolute atomic E-state index is 13.6. The predicted octanol–water partition coefficient (Wildman–Crippen LogP) is 5.64. The van der Waals surface area contributed by atoms with Crippen LogP contribution in [0.1, 0.15) is 55.2 Å². The number of hydrogen-bond acceptors (Lipinski definition) is 4. The monoisotopic (exact) mass is 427 g/mol. The van der Waals surface area contributed by atoms with E-state index < -0.39 is 0 Å². The number of rotatable bonds is 5. The van der Waals surface area contributed by atoms with E-state index in [0.29, 0.717) is 0 Å². The van der Waals surface area contributed by atoms with Gasteiger partial charge in [0.2, 0.25) is 5.91 Å². The normalized spacial score (nSPS) is 18.1. The van der Waals surface area contributed by atoms with Crippen LogP contribution in [0.2, 0.25) is 0 Å². The van der Waals surface area contributed by atoms with Crippen LogP contribution in [0.4, 0.5) is 5.69 Å². The van der Waals surface area contributed by atoms with Gasteiger partial charge in [0.15, 0.2) is 0 Å². The van der Waals surface area contributed by atoms with Crippen molar-refractivity contribution in [3.05, 3.63) is 65.4 Å². The molecule has 1 amide bonds. The fourth-order valence-corrected chi connectivity index (χ4v) is 5.39. The van der Waals surface area contributed by atoms with Gasteiger partial charge >= 0.3 is 0 Å². The number of furan rings is 1. The molecule has 1 aliphatic carbocycles. The lowest BCUT2D eigenvalue weighted by Crippen LogP contribution is -2.42. The highest BCUT2D eigenvalue weighted by molar-refractivity contribution is 6.02. The van der Waals surface area contributed by atoms with Crippen molar-refractivity contribution in [1.29, 1.82) is 5.26 Å². The van der Waals surface area contributed by atoms with E-state index in [9.17, 15) is 4.79 Å². The lowest BCUT2D eigenvalue weighted by molar-refractivity contribution is -0.128. The number of nitriles is 1. The zero-order chi connectivity index (χ0) is 22.0. The van der Waals surface area contributed by atoms with E-state index in [1.165, 1.54) is 17.5 Å². The molecule has 1 aromatic heterocycles. The first kappa shape index (κ1) is 20.8. The Morgan fingerprint density at radius 2 is 1.97 bits per heavy atom.